The molecule has 0 aromatic heterocycles. The first-order chi connectivity index (χ1) is 6.96. The van der Waals surface area contributed by atoms with Crippen molar-refractivity contribution in [3.05, 3.63) is 25.3 Å². The molecule has 0 heterocycles. The molecule has 0 unspecified atom stereocenters. The minimum atomic E-state index is -3.37. The van der Waals surface area contributed by atoms with Gasteiger partial charge in [0.2, 0.25) is 20.0 Å². The van der Waals surface area contributed by atoms with Gasteiger partial charge in [-0.05, 0) is 13.8 Å². The largest absolute Gasteiger partial charge is 0.228 e. The Morgan fingerprint density at radius 2 is 1.06 bits per heavy atom. The first-order valence-electron chi connectivity index (χ1n) is 4.25. The second kappa shape index (κ2) is 6.79. The molecule has 6 nitrogen and oxygen atoms in total. The molecule has 0 rings (SSSR count). The van der Waals surface area contributed by atoms with Crippen LogP contribution in [-0.2, 0) is 20.0 Å². The molecule has 0 aromatic rings. The summed E-state index contributed by atoms with van der Waals surface area (Å²) >= 11 is 0. The smallest absolute Gasteiger partial charge is 0.215 e. The lowest BCUT2D eigenvalue weighted by molar-refractivity contribution is 0.591. The van der Waals surface area contributed by atoms with Crippen LogP contribution in [-0.4, -0.2) is 27.3 Å². The van der Waals surface area contributed by atoms with Gasteiger partial charge in [-0.2, -0.15) is 0 Å². The van der Waals surface area contributed by atoms with Crippen molar-refractivity contribution in [3.8, 4) is 0 Å². The molecule has 0 spiro atoms. The van der Waals surface area contributed by atoms with Crippen LogP contribution in [0.2, 0.25) is 0 Å². The van der Waals surface area contributed by atoms with Gasteiger partial charge in [-0.25, -0.2) is 27.1 Å². The minimum absolute atomic E-state index is 0.637. The van der Waals surface area contributed by atoms with E-state index in [0.717, 1.165) is 0 Å². The topological polar surface area (TPSA) is 120 Å². The molecule has 0 fully saturated rings. The molecule has 0 aliphatic rings. The van der Waals surface area contributed by atoms with E-state index in [1.54, 1.807) is 0 Å². The Kier molecular flexibility index (Phi) is 7.51. The zero-order chi connectivity index (χ0) is 13.6. The molecule has 0 saturated carbocycles. The Morgan fingerprint density at radius 1 is 0.875 bits per heavy atom. The van der Waals surface area contributed by atoms with Crippen molar-refractivity contribution in [3.63, 3.8) is 0 Å². The van der Waals surface area contributed by atoms with E-state index in [4.69, 9.17) is 10.3 Å². The van der Waals surface area contributed by atoms with Crippen LogP contribution in [0, 0.1) is 0 Å². The predicted octanol–water partition coefficient (Wildman–Crippen LogP) is -0.301. The predicted molar refractivity (Wildman–Crippen MR) is 65.5 cm³/mol. The summed E-state index contributed by atoms with van der Waals surface area (Å²) in [6, 6.07) is 0. The molecule has 0 aliphatic carbocycles. The molecule has 96 valence electrons. The van der Waals surface area contributed by atoms with Gasteiger partial charge in [0.05, 0.1) is 10.5 Å². The van der Waals surface area contributed by atoms with Crippen LogP contribution in [0.4, 0.5) is 0 Å². The Balaban J connectivity index is 0. The third kappa shape index (κ3) is 8.60. The fourth-order valence-corrected chi connectivity index (χ4v) is 0.805. The zero-order valence-corrected chi connectivity index (χ0v) is 11.0. The van der Waals surface area contributed by atoms with E-state index in [1.165, 1.54) is 26.0 Å². The summed E-state index contributed by atoms with van der Waals surface area (Å²) in [5.41, 5.74) is 0. The van der Waals surface area contributed by atoms with E-state index in [2.05, 4.69) is 13.2 Å². The van der Waals surface area contributed by atoms with Gasteiger partial charge >= 0.3 is 0 Å². The minimum Gasteiger partial charge on any atom is -0.228 e. The van der Waals surface area contributed by atoms with Crippen molar-refractivity contribution in [2.45, 2.75) is 24.3 Å². The summed E-state index contributed by atoms with van der Waals surface area (Å²) in [5, 5.41) is 8.11. The van der Waals surface area contributed by atoms with E-state index in [0.29, 0.717) is 0 Å². The average molecular weight is 270 g/mol. The van der Waals surface area contributed by atoms with Crippen molar-refractivity contribution in [2.24, 2.45) is 10.3 Å². The van der Waals surface area contributed by atoms with E-state index in [9.17, 15) is 16.8 Å². The Hall–Kier alpha value is -0.700. The van der Waals surface area contributed by atoms with Crippen molar-refractivity contribution in [1.82, 2.24) is 0 Å². The maximum absolute atomic E-state index is 10.3. The van der Waals surface area contributed by atoms with Crippen LogP contribution in [0.1, 0.15) is 13.8 Å². The summed E-state index contributed by atoms with van der Waals surface area (Å²) in [4.78, 5) is 0. The zero-order valence-electron chi connectivity index (χ0n) is 9.33. The first kappa shape index (κ1) is 17.7. The molecule has 0 aromatic carbocycles. The monoisotopic (exact) mass is 270 g/mol. The van der Waals surface area contributed by atoms with Crippen molar-refractivity contribution >= 4 is 20.0 Å². The van der Waals surface area contributed by atoms with Crippen LogP contribution in [0.15, 0.2) is 25.3 Å². The molecule has 2 atom stereocenters. The van der Waals surface area contributed by atoms with E-state index in [-0.39, 0.29) is 0 Å². The molecule has 8 heteroatoms. The van der Waals surface area contributed by atoms with Crippen LogP contribution in [0.5, 0.6) is 0 Å². The summed E-state index contributed by atoms with van der Waals surface area (Å²) in [6.45, 7) is 9.48. The second-order valence-corrected chi connectivity index (χ2v) is 6.90. The summed E-state index contributed by atoms with van der Waals surface area (Å²) in [7, 11) is -6.74. The van der Waals surface area contributed by atoms with Crippen molar-refractivity contribution in [2.75, 3.05) is 0 Å². The molecular weight excluding hydrogens is 252 g/mol. The molecule has 0 aliphatic heterocycles. The van der Waals surface area contributed by atoms with Gasteiger partial charge in [-0.15, -0.1) is 13.2 Å². The third-order valence-electron chi connectivity index (χ3n) is 1.70. The SMILES string of the molecule is C=C[C@@H](C)S(N)(=O)=O.C=C[C@H](C)S(N)(=O)=O. The Bertz CT molecular complexity index is 383. The van der Waals surface area contributed by atoms with E-state index in [1.807, 2.05) is 0 Å². The number of sulfonamides is 2. The fourth-order valence-electron chi connectivity index (χ4n) is 0.268. The van der Waals surface area contributed by atoms with Crippen molar-refractivity contribution < 1.29 is 16.8 Å². The van der Waals surface area contributed by atoms with Gasteiger partial charge < -0.3 is 0 Å². The normalized spacial score (nSPS) is 15.2. The Morgan fingerprint density at radius 3 is 1.06 bits per heavy atom. The van der Waals surface area contributed by atoms with Crippen LogP contribution >= 0.6 is 0 Å². The fraction of sp³-hybridized carbons (Fsp3) is 0.500. The lowest BCUT2D eigenvalue weighted by Gasteiger charge is -1.98. The molecule has 4 N–H and O–H groups in total. The molecule has 0 bridgehead atoms. The van der Waals surface area contributed by atoms with Crippen LogP contribution in [0.3, 0.4) is 0 Å². The third-order valence-corrected chi connectivity index (χ3v) is 4.16. The standard InChI is InChI=1S/2C4H9NO2S/c2*1-3-4(2)8(5,6)7/h2*3-4H,1H2,2H3,(H2,5,6,7)/t2*4-/m10/s1. The highest BCUT2D eigenvalue weighted by Gasteiger charge is 2.09. The van der Waals surface area contributed by atoms with Crippen LogP contribution in [0.25, 0.3) is 0 Å². The molecule has 16 heavy (non-hydrogen) atoms. The first-order valence-corrected chi connectivity index (χ1v) is 7.47. The van der Waals surface area contributed by atoms with Gasteiger partial charge in [-0.1, -0.05) is 12.2 Å². The highest BCUT2D eigenvalue weighted by atomic mass is 32.2. The van der Waals surface area contributed by atoms with Gasteiger partial charge in [0.1, 0.15) is 0 Å². The number of nitrogens with two attached hydrogens (primary N) is 2. The second-order valence-electron chi connectivity index (χ2n) is 3.06. The maximum Gasteiger partial charge on any atom is 0.215 e. The van der Waals surface area contributed by atoms with Gasteiger partial charge in [0.15, 0.2) is 0 Å². The lowest BCUT2D eigenvalue weighted by Crippen LogP contribution is -2.23. The number of rotatable bonds is 4. The van der Waals surface area contributed by atoms with Crippen molar-refractivity contribution in [1.29, 1.82) is 0 Å². The number of hydrogen-bond donors (Lipinski definition) is 2. The quantitative estimate of drug-likeness (QED) is 0.681. The number of hydrogen-bond acceptors (Lipinski definition) is 4. The number of primary sulfonamides is 2. The van der Waals surface area contributed by atoms with Crippen LogP contribution < -0.4 is 10.3 Å². The lowest BCUT2D eigenvalue weighted by atomic mass is 10.5. The highest BCUT2D eigenvalue weighted by molar-refractivity contribution is 7.90. The molecular formula is C8H18N2O4S2. The molecule has 0 amide bonds. The summed E-state index contributed by atoms with van der Waals surface area (Å²) < 4.78 is 41.1. The summed E-state index contributed by atoms with van der Waals surface area (Å²) in [5.74, 6) is 0. The van der Waals surface area contributed by atoms with Gasteiger partial charge in [0, 0.05) is 0 Å². The van der Waals surface area contributed by atoms with E-state index < -0.39 is 30.5 Å². The average Bonchev–Trinajstić information content (AvgIpc) is 2.13. The highest BCUT2D eigenvalue weighted by Crippen LogP contribution is 1.93. The summed E-state index contributed by atoms with van der Waals surface area (Å²) in [6.07, 6.45) is 2.57. The Labute approximate surface area is 97.1 Å². The van der Waals surface area contributed by atoms with Gasteiger partial charge in [-0.3, -0.25) is 0 Å². The molecule has 0 saturated heterocycles. The maximum atomic E-state index is 10.3. The molecule has 0 radical (unpaired) electrons. The van der Waals surface area contributed by atoms with E-state index >= 15 is 0 Å². The van der Waals surface area contributed by atoms with Gasteiger partial charge in [0.25, 0.3) is 0 Å².